The van der Waals surface area contributed by atoms with Crippen LogP contribution in [0.15, 0.2) is 0 Å². The zero-order valence-electron chi connectivity index (χ0n) is 15.7. The molecule has 23 heavy (non-hydrogen) atoms. The monoisotopic (exact) mass is 328 g/mol. The van der Waals surface area contributed by atoms with Gasteiger partial charge in [0.1, 0.15) is 6.10 Å². The van der Waals surface area contributed by atoms with Crippen LogP contribution < -0.4 is 0 Å². The highest BCUT2D eigenvalue weighted by atomic mass is 16.5. The molecule has 0 atom stereocenters. The van der Waals surface area contributed by atoms with Crippen LogP contribution in [0.5, 0.6) is 0 Å². The summed E-state index contributed by atoms with van der Waals surface area (Å²) < 4.78 is 10.7. The minimum absolute atomic E-state index is 0.0319. The van der Waals surface area contributed by atoms with E-state index in [1.54, 1.807) is 0 Å². The summed E-state index contributed by atoms with van der Waals surface area (Å²) in [6.45, 7) is 10.9. The summed E-state index contributed by atoms with van der Waals surface area (Å²) in [6, 6.07) is 0. The van der Waals surface area contributed by atoms with Crippen molar-refractivity contribution in [2.45, 2.75) is 92.1 Å². The molecule has 0 radical (unpaired) electrons. The summed E-state index contributed by atoms with van der Waals surface area (Å²) in [7, 11) is 0. The van der Waals surface area contributed by atoms with E-state index in [4.69, 9.17) is 9.47 Å². The molecule has 4 heteroatoms. The molecule has 0 saturated heterocycles. The Morgan fingerprint density at radius 2 is 1.35 bits per heavy atom. The summed E-state index contributed by atoms with van der Waals surface area (Å²) in [4.78, 5) is 23.4. The molecule has 136 valence electrons. The van der Waals surface area contributed by atoms with Gasteiger partial charge in [-0.1, -0.05) is 53.9 Å². The highest BCUT2D eigenvalue weighted by Crippen LogP contribution is 2.17. The van der Waals surface area contributed by atoms with Gasteiger partial charge in [0.25, 0.3) is 0 Å². The number of carbonyl (C=O) groups excluding carboxylic acids is 2. The Kier molecular flexibility index (Phi) is 12.8. The second-order valence-corrected chi connectivity index (χ2v) is 6.93. The van der Waals surface area contributed by atoms with Gasteiger partial charge in [0.05, 0.1) is 6.61 Å². The first-order valence-electron chi connectivity index (χ1n) is 9.23. The van der Waals surface area contributed by atoms with Gasteiger partial charge in [-0.05, 0) is 31.1 Å². The summed E-state index contributed by atoms with van der Waals surface area (Å²) in [5, 5.41) is 0. The summed E-state index contributed by atoms with van der Waals surface area (Å²) in [5.41, 5.74) is 0. The molecular weight excluding hydrogens is 292 g/mol. The van der Waals surface area contributed by atoms with Gasteiger partial charge in [-0.2, -0.15) is 0 Å². The fourth-order valence-electron chi connectivity index (χ4n) is 2.58. The van der Waals surface area contributed by atoms with Crippen molar-refractivity contribution >= 4 is 11.9 Å². The molecule has 0 fully saturated rings. The Bertz CT molecular complexity index is 315. The highest BCUT2D eigenvalue weighted by Gasteiger charge is 2.21. The van der Waals surface area contributed by atoms with Crippen LogP contribution in [0.4, 0.5) is 0 Å². The molecule has 0 amide bonds. The highest BCUT2D eigenvalue weighted by molar-refractivity contribution is 5.70. The first-order valence-corrected chi connectivity index (χ1v) is 9.23. The van der Waals surface area contributed by atoms with E-state index < -0.39 is 0 Å². The fraction of sp³-hybridized carbons (Fsp3) is 0.895. The second-order valence-electron chi connectivity index (χ2n) is 6.93. The van der Waals surface area contributed by atoms with Crippen LogP contribution in [0.2, 0.25) is 0 Å². The van der Waals surface area contributed by atoms with Crippen molar-refractivity contribution in [1.29, 1.82) is 0 Å². The number of hydrogen-bond acceptors (Lipinski definition) is 4. The third-order valence-corrected chi connectivity index (χ3v) is 3.85. The van der Waals surface area contributed by atoms with Crippen molar-refractivity contribution in [1.82, 2.24) is 0 Å². The predicted octanol–water partition coefficient (Wildman–Crippen LogP) is 4.89. The van der Waals surface area contributed by atoms with E-state index in [9.17, 15) is 9.59 Å². The summed E-state index contributed by atoms with van der Waals surface area (Å²) in [6.07, 6.45) is 6.50. The van der Waals surface area contributed by atoms with E-state index in [-0.39, 0.29) is 18.0 Å². The quantitative estimate of drug-likeness (QED) is 0.356. The van der Waals surface area contributed by atoms with E-state index in [1.807, 2.05) is 0 Å². The average Bonchev–Trinajstić information content (AvgIpc) is 2.48. The Morgan fingerprint density at radius 3 is 1.87 bits per heavy atom. The van der Waals surface area contributed by atoms with Crippen molar-refractivity contribution in [2.24, 2.45) is 11.8 Å². The molecule has 0 heterocycles. The molecule has 0 aromatic heterocycles. The van der Waals surface area contributed by atoms with Crippen LogP contribution in [0.25, 0.3) is 0 Å². The van der Waals surface area contributed by atoms with Gasteiger partial charge in [-0.25, -0.2) is 0 Å². The molecule has 0 aliphatic rings. The Morgan fingerprint density at radius 1 is 0.783 bits per heavy atom. The average molecular weight is 328 g/mol. The van der Waals surface area contributed by atoms with Crippen molar-refractivity contribution in [3.8, 4) is 0 Å². The lowest BCUT2D eigenvalue weighted by Gasteiger charge is -2.24. The molecule has 0 aromatic rings. The molecule has 0 bridgehead atoms. The lowest BCUT2D eigenvalue weighted by molar-refractivity contribution is -0.154. The van der Waals surface area contributed by atoms with Crippen molar-refractivity contribution in [2.75, 3.05) is 6.61 Å². The van der Waals surface area contributed by atoms with Crippen LogP contribution in [-0.4, -0.2) is 24.6 Å². The Balaban J connectivity index is 3.70. The summed E-state index contributed by atoms with van der Waals surface area (Å²) in [5.74, 6) is 0.325. The van der Waals surface area contributed by atoms with Crippen LogP contribution in [0.1, 0.15) is 86.0 Å². The van der Waals surface area contributed by atoms with Crippen LogP contribution >= 0.6 is 0 Å². The normalized spacial score (nSPS) is 11.3. The lowest BCUT2D eigenvalue weighted by Crippen LogP contribution is -2.28. The van der Waals surface area contributed by atoms with E-state index in [2.05, 4.69) is 34.6 Å². The third kappa shape index (κ3) is 12.1. The molecule has 0 aromatic carbocycles. The fourth-order valence-corrected chi connectivity index (χ4v) is 2.58. The second kappa shape index (κ2) is 13.4. The number of unbranched alkanes of at least 4 members (excludes halogenated alkanes) is 4. The molecule has 0 unspecified atom stereocenters. The molecular formula is C19H36O4. The smallest absolute Gasteiger partial charge is 0.306 e. The molecule has 0 aliphatic carbocycles. The predicted molar refractivity (Wildman–Crippen MR) is 93.1 cm³/mol. The van der Waals surface area contributed by atoms with E-state index >= 15 is 0 Å². The maximum atomic E-state index is 11.8. The molecule has 0 saturated carbocycles. The molecule has 0 rings (SSSR count). The van der Waals surface area contributed by atoms with E-state index in [0.717, 1.165) is 12.8 Å². The van der Waals surface area contributed by atoms with Crippen LogP contribution in [0, 0.1) is 11.8 Å². The lowest BCUT2D eigenvalue weighted by atomic mass is 9.96. The Hall–Kier alpha value is -1.06. The minimum Gasteiger partial charge on any atom is -0.466 e. The van der Waals surface area contributed by atoms with Gasteiger partial charge < -0.3 is 9.47 Å². The van der Waals surface area contributed by atoms with Gasteiger partial charge >= 0.3 is 11.9 Å². The maximum absolute atomic E-state index is 11.8. The first kappa shape index (κ1) is 21.9. The standard InChI is InChI=1S/C19H36O4/c1-6-7-8-11-14-22-17(20)12-9-10-13-18(21)23-19(15(2)3)16(4)5/h15-16,19H,6-14H2,1-5H3. The first-order chi connectivity index (χ1) is 10.9. The van der Waals surface area contributed by atoms with Gasteiger partial charge in [0, 0.05) is 12.8 Å². The van der Waals surface area contributed by atoms with Crippen molar-refractivity contribution in [3.05, 3.63) is 0 Å². The van der Waals surface area contributed by atoms with Gasteiger partial charge in [0.2, 0.25) is 0 Å². The molecule has 0 spiro atoms. The minimum atomic E-state index is -0.162. The maximum Gasteiger partial charge on any atom is 0.306 e. The van der Waals surface area contributed by atoms with E-state index in [0.29, 0.717) is 44.1 Å². The van der Waals surface area contributed by atoms with Gasteiger partial charge in [-0.15, -0.1) is 0 Å². The SMILES string of the molecule is CCCCCCOC(=O)CCCCC(=O)OC(C(C)C)C(C)C. The number of esters is 2. The zero-order chi connectivity index (χ0) is 17.7. The number of rotatable bonds is 13. The zero-order valence-corrected chi connectivity index (χ0v) is 15.7. The number of carbonyl (C=O) groups is 2. The summed E-state index contributed by atoms with van der Waals surface area (Å²) >= 11 is 0. The van der Waals surface area contributed by atoms with Crippen molar-refractivity contribution in [3.63, 3.8) is 0 Å². The van der Waals surface area contributed by atoms with Crippen LogP contribution in [0.3, 0.4) is 0 Å². The van der Waals surface area contributed by atoms with Gasteiger partial charge in [0.15, 0.2) is 0 Å². The third-order valence-electron chi connectivity index (χ3n) is 3.85. The van der Waals surface area contributed by atoms with Gasteiger partial charge in [-0.3, -0.25) is 9.59 Å². The topological polar surface area (TPSA) is 52.6 Å². The van der Waals surface area contributed by atoms with Crippen molar-refractivity contribution < 1.29 is 19.1 Å². The Labute approximate surface area is 142 Å². The number of ether oxygens (including phenoxy) is 2. The number of hydrogen-bond donors (Lipinski definition) is 0. The molecule has 0 N–H and O–H groups in total. The molecule has 4 nitrogen and oxygen atoms in total. The van der Waals surface area contributed by atoms with Crippen LogP contribution in [-0.2, 0) is 19.1 Å². The van der Waals surface area contributed by atoms with E-state index in [1.165, 1.54) is 12.8 Å². The largest absolute Gasteiger partial charge is 0.466 e. The molecule has 0 aliphatic heterocycles.